The summed E-state index contributed by atoms with van der Waals surface area (Å²) in [5, 5.41) is 18.8. The van der Waals surface area contributed by atoms with Crippen molar-refractivity contribution in [3.05, 3.63) is 89.1 Å². The Balaban J connectivity index is 1.75. The molecule has 0 atom stereocenters. The van der Waals surface area contributed by atoms with E-state index in [1.165, 1.54) is 30.5 Å². The molecule has 0 fully saturated rings. The minimum Gasteiger partial charge on any atom is -0.478 e. The maximum atomic E-state index is 11.7. The first-order chi connectivity index (χ1) is 15.4. The normalized spacial score (nSPS) is 11.0. The highest BCUT2D eigenvalue weighted by Gasteiger charge is 2.14. The van der Waals surface area contributed by atoms with Crippen LogP contribution in [0.2, 0.25) is 0 Å². The van der Waals surface area contributed by atoms with Crippen LogP contribution in [0.5, 0.6) is 0 Å². The highest BCUT2D eigenvalue weighted by Crippen LogP contribution is 2.24. The number of aromatic nitrogens is 3. The molecular formula is C24H17N3O5. The van der Waals surface area contributed by atoms with E-state index in [2.05, 4.69) is 15.0 Å². The molecule has 0 unspecified atom stereocenters. The van der Waals surface area contributed by atoms with E-state index in [4.69, 9.17) is 4.42 Å². The van der Waals surface area contributed by atoms with Crippen molar-refractivity contribution in [3.8, 4) is 22.8 Å². The number of pyridine rings is 3. The predicted molar refractivity (Wildman–Crippen MR) is 117 cm³/mol. The zero-order chi connectivity index (χ0) is 22.7. The van der Waals surface area contributed by atoms with Crippen molar-refractivity contribution >= 4 is 24.1 Å². The Morgan fingerprint density at radius 2 is 1.41 bits per heavy atom. The molecule has 0 aliphatic carbocycles. The molecule has 158 valence electrons. The Bertz CT molecular complexity index is 1360. The third kappa shape index (κ3) is 4.59. The summed E-state index contributed by atoms with van der Waals surface area (Å²) in [5.41, 5.74) is 2.10. The molecule has 4 heterocycles. The summed E-state index contributed by atoms with van der Waals surface area (Å²) in [6.07, 6.45) is 6.61. The number of aryl methyl sites for hydroxylation is 1. The molecule has 8 heteroatoms. The summed E-state index contributed by atoms with van der Waals surface area (Å²) >= 11 is 0. The van der Waals surface area contributed by atoms with Gasteiger partial charge in [-0.3, -0.25) is 9.97 Å². The molecule has 4 aromatic rings. The minimum atomic E-state index is -1.14. The summed E-state index contributed by atoms with van der Waals surface area (Å²) in [5.74, 6) is -0.744. The first-order valence-electron chi connectivity index (χ1n) is 9.55. The van der Waals surface area contributed by atoms with Gasteiger partial charge >= 0.3 is 11.9 Å². The van der Waals surface area contributed by atoms with Crippen LogP contribution in [0.4, 0.5) is 0 Å². The van der Waals surface area contributed by atoms with Crippen LogP contribution in [0.1, 0.15) is 37.8 Å². The van der Waals surface area contributed by atoms with Gasteiger partial charge < -0.3 is 14.6 Å². The van der Waals surface area contributed by atoms with E-state index in [-0.39, 0.29) is 22.5 Å². The van der Waals surface area contributed by atoms with Crippen LogP contribution in [0, 0.1) is 6.92 Å². The van der Waals surface area contributed by atoms with Crippen LogP contribution in [0.15, 0.2) is 65.3 Å². The minimum absolute atomic E-state index is 0.0127. The van der Waals surface area contributed by atoms with E-state index >= 15 is 0 Å². The third-order valence-corrected chi connectivity index (χ3v) is 4.59. The van der Waals surface area contributed by atoms with Crippen molar-refractivity contribution in [1.29, 1.82) is 0 Å². The molecule has 0 amide bonds. The fourth-order valence-electron chi connectivity index (χ4n) is 3.03. The Morgan fingerprint density at radius 3 is 2.03 bits per heavy atom. The van der Waals surface area contributed by atoms with Crippen molar-refractivity contribution in [3.63, 3.8) is 0 Å². The summed E-state index contributed by atoms with van der Waals surface area (Å²) in [4.78, 5) is 35.9. The molecule has 0 saturated heterocycles. The van der Waals surface area contributed by atoms with E-state index in [1.807, 2.05) is 31.2 Å². The number of carboxylic acids is 2. The molecule has 0 aliphatic rings. The van der Waals surface area contributed by atoms with Crippen LogP contribution >= 0.6 is 0 Å². The van der Waals surface area contributed by atoms with Gasteiger partial charge in [-0.15, -0.1) is 0 Å². The van der Waals surface area contributed by atoms with Crippen molar-refractivity contribution in [2.45, 2.75) is 6.92 Å². The summed E-state index contributed by atoms with van der Waals surface area (Å²) < 4.78 is 5.52. The molecule has 0 radical (unpaired) electrons. The highest BCUT2D eigenvalue weighted by molar-refractivity contribution is 5.91. The van der Waals surface area contributed by atoms with Crippen molar-refractivity contribution in [1.82, 2.24) is 15.0 Å². The zero-order valence-corrected chi connectivity index (χ0v) is 16.9. The lowest BCUT2D eigenvalue weighted by atomic mass is 10.1. The second-order valence-corrected chi connectivity index (χ2v) is 6.92. The lowest BCUT2D eigenvalue weighted by Crippen LogP contribution is -2.02. The topological polar surface area (TPSA) is 126 Å². The second-order valence-electron chi connectivity index (χ2n) is 6.92. The molecule has 0 aromatic carbocycles. The Morgan fingerprint density at radius 1 is 0.781 bits per heavy atom. The number of nitrogens with zero attached hydrogens (tertiary/aromatic N) is 3. The van der Waals surface area contributed by atoms with Gasteiger partial charge in [0.1, 0.15) is 11.5 Å². The molecule has 0 aliphatic heterocycles. The second kappa shape index (κ2) is 8.65. The Labute approximate surface area is 182 Å². The number of aromatic carboxylic acids is 2. The Hall–Kier alpha value is -4.59. The van der Waals surface area contributed by atoms with Gasteiger partial charge in [0.05, 0.1) is 33.9 Å². The number of carbonyl (C=O) groups is 2. The molecule has 4 rings (SSSR count). The van der Waals surface area contributed by atoms with Crippen LogP contribution in [0.3, 0.4) is 0 Å². The molecule has 0 saturated carbocycles. The van der Waals surface area contributed by atoms with Crippen LogP contribution in [0.25, 0.3) is 34.9 Å². The molecule has 2 N–H and O–H groups in total. The number of carboxylic acid groups (broad SMARTS) is 2. The molecular weight excluding hydrogens is 410 g/mol. The van der Waals surface area contributed by atoms with Gasteiger partial charge in [-0.2, -0.15) is 0 Å². The van der Waals surface area contributed by atoms with Crippen molar-refractivity contribution < 1.29 is 24.2 Å². The first-order valence-corrected chi connectivity index (χ1v) is 9.55. The third-order valence-electron chi connectivity index (χ3n) is 4.59. The predicted octanol–water partition coefficient (Wildman–Crippen LogP) is 4.67. The van der Waals surface area contributed by atoms with E-state index in [0.29, 0.717) is 17.1 Å². The fourth-order valence-corrected chi connectivity index (χ4v) is 3.03. The van der Waals surface area contributed by atoms with E-state index in [0.717, 1.165) is 11.3 Å². The molecule has 4 aromatic heterocycles. The van der Waals surface area contributed by atoms with Crippen LogP contribution < -0.4 is 0 Å². The lowest BCUT2D eigenvalue weighted by molar-refractivity contribution is 0.0686. The number of furan rings is 1. The first kappa shape index (κ1) is 20.7. The van der Waals surface area contributed by atoms with Gasteiger partial charge in [-0.05, 0) is 67.1 Å². The standard InChI is InChI=1S/C24H17N3O5/c1-14-2-4-18(32-14)5-3-15-6-8-25-19(10-15)21-12-17(24(30)31)13-22(27-21)20-11-16(23(28)29)7-9-26-20/h2-13H,1H3,(H,28,29)(H,30,31)/b5-3+. The van der Waals surface area contributed by atoms with Gasteiger partial charge in [0.15, 0.2) is 0 Å². The van der Waals surface area contributed by atoms with Gasteiger partial charge in [0.2, 0.25) is 0 Å². The zero-order valence-electron chi connectivity index (χ0n) is 16.9. The fraction of sp³-hybridized carbons (Fsp3) is 0.0417. The van der Waals surface area contributed by atoms with Crippen molar-refractivity contribution in [2.24, 2.45) is 0 Å². The largest absolute Gasteiger partial charge is 0.478 e. The quantitative estimate of drug-likeness (QED) is 0.454. The van der Waals surface area contributed by atoms with Gasteiger partial charge in [-0.1, -0.05) is 6.08 Å². The van der Waals surface area contributed by atoms with E-state index in [1.54, 1.807) is 18.3 Å². The highest BCUT2D eigenvalue weighted by atomic mass is 16.4. The SMILES string of the molecule is Cc1ccc(/C=C/c2ccnc(-c3cc(C(=O)O)cc(-c4cc(C(=O)O)ccn4)n3)c2)o1. The van der Waals surface area contributed by atoms with E-state index < -0.39 is 11.9 Å². The van der Waals surface area contributed by atoms with Gasteiger partial charge in [0.25, 0.3) is 0 Å². The lowest BCUT2D eigenvalue weighted by Gasteiger charge is -2.08. The molecule has 0 spiro atoms. The molecule has 0 bridgehead atoms. The Kier molecular flexibility index (Phi) is 5.59. The molecule has 8 nitrogen and oxygen atoms in total. The average molecular weight is 427 g/mol. The van der Waals surface area contributed by atoms with E-state index in [9.17, 15) is 19.8 Å². The van der Waals surface area contributed by atoms with Crippen molar-refractivity contribution in [2.75, 3.05) is 0 Å². The van der Waals surface area contributed by atoms with Gasteiger partial charge in [0, 0.05) is 12.4 Å². The monoisotopic (exact) mass is 427 g/mol. The summed E-state index contributed by atoms with van der Waals surface area (Å²) in [6.45, 7) is 1.86. The summed E-state index contributed by atoms with van der Waals surface area (Å²) in [6, 6.07) is 12.8. The number of hydrogen-bond acceptors (Lipinski definition) is 6. The average Bonchev–Trinajstić information content (AvgIpc) is 3.22. The van der Waals surface area contributed by atoms with Gasteiger partial charge in [-0.25, -0.2) is 14.6 Å². The smallest absolute Gasteiger partial charge is 0.335 e. The maximum Gasteiger partial charge on any atom is 0.335 e. The van der Waals surface area contributed by atoms with Crippen LogP contribution in [-0.2, 0) is 0 Å². The maximum absolute atomic E-state index is 11.7. The number of rotatable bonds is 6. The summed E-state index contributed by atoms with van der Waals surface area (Å²) in [7, 11) is 0. The van der Waals surface area contributed by atoms with Crippen LogP contribution in [-0.4, -0.2) is 37.1 Å². The number of hydrogen-bond donors (Lipinski definition) is 2. The molecule has 32 heavy (non-hydrogen) atoms.